The number of amides is 2. The van der Waals surface area contributed by atoms with Gasteiger partial charge in [-0.2, -0.15) is 0 Å². The lowest BCUT2D eigenvalue weighted by Gasteiger charge is -2.32. The van der Waals surface area contributed by atoms with Gasteiger partial charge in [0.2, 0.25) is 17.7 Å². The van der Waals surface area contributed by atoms with E-state index in [0.29, 0.717) is 43.2 Å². The number of carbonyl (C=O) groups excluding carboxylic acids is 2. The van der Waals surface area contributed by atoms with Crippen LogP contribution in [0.4, 0.5) is 0 Å². The van der Waals surface area contributed by atoms with Crippen LogP contribution in [-0.4, -0.2) is 183 Å². The van der Waals surface area contributed by atoms with E-state index in [0.717, 1.165) is 38.5 Å². The third-order valence-electron chi connectivity index (χ3n) is 8.55. The Morgan fingerprint density at radius 2 is 1.12 bits per heavy atom. The molecule has 0 atom stereocenters. The smallest absolute Gasteiger partial charge is 0.317 e. The molecule has 2 amide bonds. The number of nitrogens with zero attached hydrogens (tertiary/aromatic N) is 5. The maximum absolute atomic E-state index is 13.0. The summed E-state index contributed by atoms with van der Waals surface area (Å²) in [5.74, 6) is -2.95. The fourth-order valence-electron chi connectivity index (χ4n) is 5.69. The maximum Gasteiger partial charge on any atom is 0.317 e. The van der Waals surface area contributed by atoms with Gasteiger partial charge in [0.05, 0.1) is 31.1 Å². The number of aromatic hydroxyl groups is 2. The number of thioether (sulfide) groups is 1. The Kier molecular flexibility index (Phi) is 21.7. The summed E-state index contributed by atoms with van der Waals surface area (Å²) in [5.41, 5.74) is 5.47. The standard InChI is InChI=1S/C33H58N8O10S/c34-8-4-2-5-9-35-27(42)7-3-1-6-20-52-26-21-29(44)41(33(26)51)11-10-36-28(43)22-37-12-14-38(23-30(45)46)16-18-40(25-32(49)50)19-17-39(15-13-37)24-31(47)48/h21,44,51H,1-20,22-25,34H2,(H,35,42)(H,36,43)(H,45,46)(H,47,48)(H,49,50). The molecule has 2 rings (SSSR count). The van der Waals surface area contributed by atoms with E-state index in [1.165, 1.54) is 22.4 Å². The van der Waals surface area contributed by atoms with Gasteiger partial charge in [-0.15, -0.1) is 11.8 Å². The first-order valence-corrected chi connectivity index (χ1v) is 18.9. The Labute approximate surface area is 309 Å². The monoisotopic (exact) mass is 758 g/mol. The van der Waals surface area contributed by atoms with Crippen LogP contribution >= 0.6 is 11.8 Å². The van der Waals surface area contributed by atoms with E-state index in [-0.39, 0.29) is 102 Å². The first-order valence-electron chi connectivity index (χ1n) is 17.9. The minimum atomic E-state index is -1.04. The Morgan fingerprint density at radius 1 is 0.635 bits per heavy atom. The van der Waals surface area contributed by atoms with E-state index in [9.17, 15) is 49.5 Å². The van der Waals surface area contributed by atoms with Crippen molar-refractivity contribution in [2.75, 3.05) is 104 Å². The van der Waals surface area contributed by atoms with Crippen LogP contribution in [0.1, 0.15) is 44.9 Å². The number of rotatable bonds is 23. The molecular formula is C33H58N8O10S. The zero-order valence-electron chi connectivity index (χ0n) is 30.0. The molecule has 0 spiro atoms. The van der Waals surface area contributed by atoms with E-state index in [1.807, 2.05) is 4.90 Å². The topological polar surface area (TPSA) is 254 Å². The molecular weight excluding hydrogens is 700 g/mol. The average molecular weight is 759 g/mol. The highest BCUT2D eigenvalue weighted by Crippen LogP contribution is 2.35. The number of nitrogens with two attached hydrogens (primary N) is 1. The highest BCUT2D eigenvalue weighted by atomic mass is 32.2. The molecule has 1 fully saturated rings. The molecule has 0 radical (unpaired) electrons. The molecule has 1 aromatic rings. The third-order valence-corrected chi connectivity index (χ3v) is 9.66. The number of nitrogens with one attached hydrogen (secondary N) is 2. The summed E-state index contributed by atoms with van der Waals surface area (Å²) < 4.78 is 1.30. The van der Waals surface area contributed by atoms with Gasteiger partial charge in [-0.05, 0) is 38.0 Å². The van der Waals surface area contributed by atoms with Gasteiger partial charge in [-0.1, -0.05) is 12.8 Å². The van der Waals surface area contributed by atoms with Crippen LogP contribution in [0, 0.1) is 0 Å². The van der Waals surface area contributed by atoms with Crippen LogP contribution in [-0.2, 0) is 30.5 Å². The number of carboxylic acids is 3. The lowest BCUT2D eigenvalue weighted by Crippen LogP contribution is -2.50. The average Bonchev–Trinajstić information content (AvgIpc) is 3.34. The van der Waals surface area contributed by atoms with Gasteiger partial charge in [-0.3, -0.25) is 48.1 Å². The van der Waals surface area contributed by atoms with Crippen LogP contribution in [0.3, 0.4) is 0 Å². The summed E-state index contributed by atoms with van der Waals surface area (Å²) in [6, 6.07) is 1.48. The molecule has 9 N–H and O–H groups in total. The van der Waals surface area contributed by atoms with Crippen molar-refractivity contribution >= 4 is 41.5 Å². The van der Waals surface area contributed by atoms with E-state index in [4.69, 9.17) is 5.73 Å². The van der Waals surface area contributed by atoms with Crippen molar-refractivity contribution in [3.8, 4) is 11.8 Å². The van der Waals surface area contributed by atoms with Gasteiger partial charge in [0.25, 0.3) is 0 Å². The Morgan fingerprint density at radius 3 is 1.62 bits per heavy atom. The van der Waals surface area contributed by atoms with Crippen LogP contribution in [0.5, 0.6) is 11.8 Å². The number of hydrogen-bond donors (Lipinski definition) is 8. The predicted octanol–water partition coefficient (Wildman–Crippen LogP) is -0.611. The molecule has 0 aromatic carbocycles. The Hall–Kier alpha value is -3.62. The van der Waals surface area contributed by atoms with Gasteiger partial charge in [0.1, 0.15) is 0 Å². The third kappa shape index (κ3) is 19.3. The van der Waals surface area contributed by atoms with Crippen LogP contribution in [0.2, 0.25) is 0 Å². The highest BCUT2D eigenvalue weighted by molar-refractivity contribution is 7.99. The SMILES string of the molecule is NCCCCCNC(=O)CCCCCSc1cc(O)n(CCNC(=O)CN2CCN(CC(=O)O)CCN(CC(=O)O)CCN(CC(=O)O)CC2)c1O. The second-order valence-corrected chi connectivity index (χ2v) is 14.0. The molecule has 1 aliphatic rings. The second kappa shape index (κ2) is 25.4. The molecule has 19 heteroatoms. The summed E-state index contributed by atoms with van der Waals surface area (Å²) in [7, 11) is 0. The van der Waals surface area contributed by atoms with Crippen molar-refractivity contribution in [2.45, 2.75) is 56.4 Å². The molecule has 1 saturated heterocycles. The van der Waals surface area contributed by atoms with Crippen molar-refractivity contribution in [3.63, 3.8) is 0 Å². The fourth-order valence-corrected chi connectivity index (χ4v) is 6.68. The number of unbranched alkanes of at least 4 members (excludes halogenated alkanes) is 4. The largest absolute Gasteiger partial charge is 0.494 e. The Balaban J connectivity index is 1.85. The lowest BCUT2D eigenvalue weighted by atomic mass is 10.2. The van der Waals surface area contributed by atoms with Gasteiger partial charge in [-0.25, -0.2) is 0 Å². The normalized spacial score (nSPS) is 15.8. The summed E-state index contributed by atoms with van der Waals surface area (Å²) >= 11 is 1.40. The predicted molar refractivity (Wildman–Crippen MR) is 195 cm³/mol. The number of carboxylic acid groups (broad SMARTS) is 3. The molecule has 18 nitrogen and oxygen atoms in total. The molecule has 0 bridgehead atoms. The Bertz CT molecular complexity index is 1240. The summed E-state index contributed by atoms with van der Waals surface area (Å²) in [4.78, 5) is 66.7. The number of hydrogen-bond acceptors (Lipinski definition) is 13. The van der Waals surface area contributed by atoms with E-state index < -0.39 is 17.9 Å². The molecule has 1 aromatic heterocycles. The van der Waals surface area contributed by atoms with Crippen molar-refractivity contribution in [3.05, 3.63) is 6.07 Å². The van der Waals surface area contributed by atoms with E-state index in [2.05, 4.69) is 10.6 Å². The molecule has 52 heavy (non-hydrogen) atoms. The molecule has 296 valence electrons. The zero-order chi connectivity index (χ0) is 38.3. The minimum Gasteiger partial charge on any atom is -0.494 e. The van der Waals surface area contributed by atoms with E-state index >= 15 is 0 Å². The summed E-state index contributed by atoms with van der Waals surface area (Å²) in [6.45, 7) is 3.02. The maximum atomic E-state index is 13.0. The molecule has 1 aliphatic heterocycles. The molecule has 0 aliphatic carbocycles. The number of aliphatic carboxylic acids is 3. The number of aromatic nitrogens is 1. The summed E-state index contributed by atoms with van der Waals surface area (Å²) in [6.07, 6.45) is 5.80. The summed E-state index contributed by atoms with van der Waals surface area (Å²) in [5, 5.41) is 55.0. The zero-order valence-corrected chi connectivity index (χ0v) is 30.9. The van der Waals surface area contributed by atoms with Crippen LogP contribution < -0.4 is 16.4 Å². The first-order chi connectivity index (χ1) is 24.9. The highest BCUT2D eigenvalue weighted by Gasteiger charge is 2.21. The molecule has 0 unspecified atom stereocenters. The van der Waals surface area contributed by atoms with Gasteiger partial charge >= 0.3 is 17.9 Å². The van der Waals surface area contributed by atoms with Gasteiger partial charge < -0.3 is 41.9 Å². The molecule has 2 heterocycles. The lowest BCUT2D eigenvalue weighted by molar-refractivity contribution is -0.140. The quantitative estimate of drug-likeness (QED) is 0.0512. The molecule has 0 saturated carbocycles. The second-order valence-electron chi connectivity index (χ2n) is 12.8. The minimum absolute atomic E-state index is 0.0444. The van der Waals surface area contributed by atoms with Crippen LogP contribution in [0.15, 0.2) is 11.0 Å². The van der Waals surface area contributed by atoms with E-state index in [1.54, 1.807) is 14.7 Å². The van der Waals surface area contributed by atoms with Gasteiger partial charge in [0, 0.05) is 84.5 Å². The van der Waals surface area contributed by atoms with Crippen molar-refractivity contribution in [1.82, 2.24) is 34.8 Å². The number of carbonyl (C=O) groups is 5. The van der Waals surface area contributed by atoms with Crippen LogP contribution in [0.25, 0.3) is 0 Å². The van der Waals surface area contributed by atoms with Crippen molar-refractivity contribution in [2.24, 2.45) is 5.73 Å². The van der Waals surface area contributed by atoms with Gasteiger partial charge in [0.15, 0.2) is 5.88 Å². The first kappa shape index (κ1) is 44.5. The van der Waals surface area contributed by atoms with Crippen molar-refractivity contribution in [1.29, 1.82) is 0 Å². The van der Waals surface area contributed by atoms with Crippen molar-refractivity contribution < 1.29 is 49.5 Å². The fraction of sp³-hybridized carbons (Fsp3) is 0.727.